The average Bonchev–Trinajstić information content (AvgIpc) is 2.20. The molecule has 0 aliphatic rings. The molecule has 0 saturated carbocycles. The van der Waals surface area contributed by atoms with Crippen LogP contribution < -0.4 is 5.32 Å². The van der Waals surface area contributed by atoms with Crippen molar-refractivity contribution in [2.45, 2.75) is 25.9 Å². The molecule has 5 heteroatoms. The Hall–Kier alpha value is -1.49. The average molecular weight is 195 g/mol. The van der Waals surface area contributed by atoms with Crippen LogP contribution in [-0.2, 0) is 11.3 Å². The summed E-state index contributed by atoms with van der Waals surface area (Å²) in [6.45, 7) is 2.25. The Kier molecular flexibility index (Phi) is 4.00. The highest BCUT2D eigenvalue weighted by Crippen LogP contribution is 1.95. The van der Waals surface area contributed by atoms with Crippen LogP contribution >= 0.6 is 0 Å². The van der Waals surface area contributed by atoms with E-state index >= 15 is 0 Å². The second-order valence-corrected chi connectivity index (χ2v) is 2.89. The number of aromatic nitrogens is 2. The minimum Gasteiger partial charge on any atom is -0.480 e. The number of carbonyl (C=O) groups is 1. The third-order valence-corrected chi connectivity index (χ3v) is 1.86. The molecule has 1 rings (SSSR count). The molecule has 0 bridgehead atoms. The smallest absolute Gasteiger partial charge is 0.320 e. The van der Waals surface area contributed by atoms with E-state index in [2.05, 4.69) is 15.5 Å². The van der Waals surface area contributed by atoms with Crippen LogP contribution in [0.2, 0.25) is 0 Å². The van der Waals surface area contributed by atoms with Crippen molar-refractivity contribution in [3.63, 3.8) is 0 Å². The Morgan fingerprint density at radius 2 is 2.50 bits per heavy atom. The molecule has 0 fully saturated rings. The van der Waals surface area contributed by atoms with Crippen LogP contribution in [0, 0.1) is 0 Å². The number of hydrogen-bond donors (Lipinski definition) is 2. The van der Waals surface area contributed by atoms with Gasteiger partial charge in [-0.3, -0.25) is 10.1 Å². The lowest BCUT2D eigenvalue weighted by Gasteiger charge is -2.10. The molecule has 0 spiro atoms. The number of nitrogens with one attached hydrogen (secondary N) is 1. The van der Waals surface area contributed by atoms with Crippen LogP contribution in [0.25, 0.3) is 0 Å². The van der Waals surface area contributed by atoms with E-state index in [0.29, 0.717) is 13.0 Å². The minimum atomic E-state index is -0.837. The van der Waals surface area contributed by atoms with Crippen molar-refractivity contribution in [1.82, 2.24) is 15.5 Å². The van der Waals surface area contributed by atoms with Gasteiger partial charge in [-0.1, -0.05) is 6.92 Å². The molecule has 1 atom stereocenters. The fourth-order valence-electron chi connectivity index (χ4n) is 1.06. The summed E-state index contributed by atoms with van der Waals surface area (Å²) in [7, 11) is 0. The SMILES string of the molecule is CCC(NCc1cccnn1)C(=O)O. The molecule has 1 aromatic heterocycles. The highest BCUT2D eigenvalue weighted by atomic mass is 16.4. The molecule has 1 unspecified atom stereocenters. The van der Waals surface area contributed by atoms with E-state index in [1.165, 1.54) is 0 Å². The second-order valence-electron chi connectivity index (χ2n) is 2.89. The van der Waals surface area contributed by atoms with Gasteiger partial charge < -0.3 is 5.11 Å². The molecular weight excluding hydrogens is 182 g/mol. The van der Waals surface area contributed by atoms with E-state index < -0.39 is 12.0 Å². The molecule has 0 radical (unpaired) electrons. The molecular formula is C9H13N3O2. The van der Waals surface area contributed by atoms with Crippen molar-refractivity contribution in [3.8, 4) is 0 Å². The highest BCUT2D eigenvalue weighted by Gasteiger charge is 2.13. The molecule has 14 heavy (non-hydrogen) atoms. The number of carboxylic acids is 1. The Morgan fingerprint density at radius 3 is 3.00 bits per heavy atom. The Balaban J connectivity index is 2.44. The standard InChI is InChI=1S/C9H13N3O2/c1-2-8(9(13)14)10-6-7-4-3-5-11-12-7/h3-5,8,10H,2,6H2,1H3,(H,13,14). The van der Waals surface area contributed by atoms with Gasteiger partial charge in [0.2, 0.25) is 0 Å². The minimum absolute atomic E-state index is 0.429. The molecule has 5 nitrogen and oxygen atoms in total. The van der Waals surface area contributed by atoms with Crippen molar-refractivity contribution in [2.75, 3.05) is 0 Å². The monoisotopic (exact) mass is 195 g/mol. The Morgan fingerprint density at radius 1 is 1.71 bits per heavy atom. The topological polar surface area (TPSA) is 75.1 Å². The van der Waals surface area contributed by atoms with Gasteiger partial charge in [0.25, 0.3) is 0 Å². The number of aliphatic carboxylic acids is 1. The summed E-state index contributed by atoms with van der Waals surface area (Å²) < 4.78 is 0. The van der Waals surface area contributed by atoms with E-state index in [1.807, 2.05) is 6.92 Å². The quantitative estimate of drug-likeness (QED) is 0.712. The van der Waals surface area contributed by atoms with Gasteiger partial charge in [-0.05, 0) is 18.6 Å². The summed E-state index contributed by atoms with van der Waals surface area (Å²) in [6.07, 6.45) is 2.13. The zero-order valence-corrected chi connectivity index (χ0v) is 7.97. The van der Waals surface area contributed by atoms with Crippen molar-refractivity contribution in [2.24, 2.45) is 0 Å². The van der Waals surface area contributed by atoms with Crippen LogP contribution in [0.1, 0.15) is 19.0 Å². The van der Waals surface area contributed by atoms with E-state index in [1.54, 1.807) is 18.3 Å². The van der Waals surface area contributed by atoms with Gasteiger partial charge >= 0.3 is 5.97 Å². The lowest BCUT2D eigenvalue weighted by Crippen LogP contribution is -2.35. The maximum Gasteiger partial charge on any atom is 0.320 e. The molecule has 76 valence electrons. The Labute approximate surface area is 82.2 Å². The van der Waals surface area contributed by atoms with Gasteiger partial charge in [0.05, 0.1) is 5.69 Å². The first-order valence-corrected chi connectivity index (χ1v) is 4.46. The number of hydrogen-bond acceptors (Lipinski definition) is 4. The normalized spacial score (nSPS) is 12.4. The van der Waals surface area contributed by atoms with Crippen molar-refractivity contribution in [1.29, 1.82) is 0 Å². The third-order valence-electron chi connectivity index (χ3n) is 1.86. The first kappa shape index (κ1) is 10.6. The van der Waals surface area contributed by atoms with Crippen LogP contribution in [0.3, 0.4) is 0 Å². The van der Waals surface area contributed by atoms with Crippen LogP contribution in [-0.4, -0.2) is 27.3 Å². The first-order chi connectivity index (χ1) is 6.74. The summed E-state index contributed by atoms with van der Waals surface area (Å²) in [4.78, 5) is 10.7. The maximum atomic E-state index is 10.7. The largest absolute Gasteiger partial charge is 0.480 e. The number of rotatable bonds is 5. The first-order valence-electron chi connectivity index (χ1n) is 4.46. The van der Waals surface area contributed by atoms with Crippen molar-refractivity contribution >= 4 is 5.97 Å². The molecule has 2 N–H and O–H groups in total. The zero-order valence-electron chi connectivity index (χ0n) is 7.97. The van der Waals surface area contributed by atoms with Crippen LogP contribution in [0.15, 0.2) is 18.3 Å². The van der Waals surface area contributed by atoms with Gasteiger partial charge in [-0.2, -0.15) is 10.2 Å². The van der Waals surface area contributed by atoms with Gasteiger partial charge in [-0.15, -0.1) is 0 Å². The molecule has 1 heterocycles. The van der Waals surface area contributed by atoms with E-state index in [0.717, 1.165) is 5.69 Å². The van der Waals surface area contributed by atoms with Crippen LogP contribution in [0.4, 0.5) is 0 Å². The predicted octanol–water partition coefficient (Wildman–Crippen LogP) is 0.429. The number of nitrogens with zero attached hydrogens (tertiary/aromatic N) is 2. The van der Waals surface area contributed by atoms with Crippen molar-refractivity contribution < 1.29 is 9.90 Å². The summed E-state index contributed by atoms with van der Waals surface area (Å²) in [5.41, 5.74) is 0.743. The number of carboxylic acid groups (broad SMARTS) is 1. The van der Waals surface area contributed by atoms with E-state index in [-0.39, 0.29) is 0 Å². The third kappa shape index (κ3) is 3.10. The lowest BCUT2D eigenvalue weighted by atomic mass is 10.2. The fourth-order valence-corrected chi connectivity index (χ4v) is 1.06. The van der Waals surface area contributed by atoms with Gasteiger partial charge in [0, 0.05) is 12.7 Å². The molecule has 0 amide bonds. The van der Waals surface area contributed by atoms with Gasteiger partial charge in [0.1, 0.15) is 6.04 Å². The molecule has 0 aromatic carbocycles. The summed E-state index contributed by atoms with van der Waals surface area (Å²) in [6, 6.07) is 3.05. The maximum absolute atomic E-state index is 10.7. The molecule has 1 aromatic rings. The highest BCUT2D eigenvalue weighted by molar-refractivity contribution is 5.73. The van der Waals surface area contributed by atoms with Gasteiger partial charge in [0.15, 0.2) is 0 Å². The van der Waals surface area contributed by atoms with Gasteiger partial charge in [-0.25, -0.2) is 0 Å². The zero-order chi connectivity index (χ0) is 10.4. The van der Waals surface area contributed by atoms with E-state index in [9.17, 15) is 4.79 Å². The molecule has 0 saturated heterocycles. The second kappa shape index (κ2) is 5.29. The lowest BCUT2D eigenvalue weighted by molar-refractivity contribution is -0.139. The molecule has 0 aliphatic carbocycles. The predicted molar refractivity (Wildman–Crippen MR) is 50.6 cm³/mol. The summed E-state index contributed by atoms with van der Waals surface area (Å²) in [5, 5.41) is 19.2. The Bertz CT molecular complexity index is 289. The van der Waals surface area contributed by atoms with E-state index in [4.69, 9.17) is 5.11 Å². The summed E-state index contributed by atoms with van der Waals surface area (Å²) in [5.74, 6) is -0.837. The molecule has 0 aliphatic heterocycles. The summed E-state index contributed by atoms with van der Waals surface area (Å²) >= 11 is 0. The fraction of sp³-hybridized carbons (Fsp3) is 0.444. The van der Waals surface area contributed by atoms with Crippen molar-refractivity contribution in [3.05, 3.63) is 24.0 Å². The van der Waals surface area contributed by atoms with Crippen LogP contribution in [0.5, 0.6) is 0 Å².